The van der Waals surface area contributed by atoms with Gasteiger partial charge in [0.15, 0.2) is 0 Å². The Labute approximate surface area is 142 Å². The van der Waals surface area contributed by atoms with Gasteiger partial charge in [0, 0.05) is 35.4 Å². The summed E-state index contributed by atoms with van der Waals surface area (Å²) in [5.74, 6) is 2.06. The number of fused-ring (bicyclic) bond motifs is 3. The van der Waals surface area contributed by atoms with Crippen molar-refractivity contribution in [2.75, 3.05) is 26.1 Å². The molecule has 0 spiro atoms. The van der Waals surface area contributed by atoms with Gasteiger partial charge in [-0.3, -0.25) is 0 Å². The van der Waals surface area contributed by atoms with Gasteiger partial charge in [-0.1, -0.05) is 18.2 Å². The van der Waals surface area contributed by atoms with Gasteiger partial charge < -0.3 is 19.5 Å². The Hall–Kier alpha value is -2.20. The summed E-state index contributed by atoms with van der Waals surface area (Å²) >= 11 is 0. The number of ether oxygens (including phenoxy) is 3. The first-order valence-corrected chi connectivity index (χ1v) is 8.51. The quantitative estimate of drug-likeness (QED) is 0.911. The van der Waals surface area contributed by atoms with E-state index in [2.05, 4.69) is 35.6 Å². The third kappa shape index (κ3) is 2.51. The van der Waals surface area contributed by atoms with Crippen molar-refractivity contribution in [2.24, 2.45) is 5.92 Å². The van der Waals surface area contributed by atoms with Crippen molar-refractivity contribution in [2.45, 2.75) is 25.0 Å². The smallest absolute Gasteiger partial charge is 0.127 e. The van der Waals surface area contributed by atoms with Crippen LogP contribution in [-0.2, 0) is 4.74 Å². The number of nitrogens with one attached hydrogen (secondary N) is 1. The predicted molar refractivity (Wildman–Crippen MR) is 93.8 cm³/mol. The van der Waals surface area contributed by atoms with E-state index in [4.69, 9.17) is 14.2 Å². The highest BCUT2D eigenvalue weighted by molar-refractivity contribution is 5.58. The lowest BCUT2D eigenvalue weighted by Gasteiger charge is -2.43. The van der Waals surface area contributed by atoms with Crippen molar-refractivity contribution >= 4 is 5.69 Å². The summed E-state index contributed by atoms with van der Waals surface area (Å²) < 4.78 is 17.2. The first-order valence-electron chi connectivity index (χ1n) is 8.51. The van der Waals surface area contributed by atoms with Crippen LogP contribution in [0, 0.1) is 5.92 Å². The molecule has 2 aliphatic rings. The van der Waals surface area contributed by atoms with Crippen LogP contribution in [0.4, 0.5) is 5.69 Å². The van der Waals surface area contributed by atoms with Crippen molar-refractivity contribution in [3.8, 4) is 11.5 Å². The highest BCUT2D eigenvalue weighted by Gasteiger charge is 2.40. The molecule has 126 valence electrons. The van der Waals surface area contributed by atoms with Gasteiger partial charge >= 0.3 is 0 Å². The van der Waals surface area contributed by atoms with Crippen LogP contribution in [0.25, 0.3) is 0 Å². The van der Waals surface area contributed by atoms with Gasteiger partial charge in [0.05, 0.1) is 26.4 Å². The molecule has 4 rings (SSSR count). The van der Waals surface area contributed by atoms with Crippen molar-refractivity contribution in [1.82, 2.24) is 0 Å². The van der Waals surface area contributed by atoms with Gasteiger partial charge in [-0.25, -0.2) is 0 Å². The van der Waals surface area contributed by atoms with Gasteiger partial charge in [-0.15, -0.1) is 0 Å². The summed E-state index contributed by atoms with van der Waals surface area (Å²) in [5, 5.41) is 3.72. The third-order valence-corrected chi connectivity index (χ3v) is 5.15. The number of methoxy groups -OCH3 is 2. The number of hydrogen-bond donors (Lipinski definition) is 1. The summed E-state index contributed by atoms with van der Waals surface area (Å²) in [5.41, 5.74) is 3.59. The van der Waals surface area contributed by atoms with Crippen LogP contribution in [0.3, 0.4) is 0 Å². The molecule has 1 fully saturated rings. The van der Waals surface area contributed by atoms with Crippen molar-refractivity contribution < 1.29 is 14.2 Å². The largest absolute Gasteiger partial charge is 0.497 e. The summed E-state index contributed by atoms with van der Waals surface area (Å²) in [6.45, 7) is 0.835. The zero-order chi connectivity index (χ0) is 16.5. The summed E-state index contributed by atoms with van der Waals surface area (Å²) in [4.78, 5) is 0. The maximum atomic E-state index is 6.17. The highest BCUT2D eigenvalue weighted by Crippen LogP contribution is 2.50. The zero-order valence-corrected chi connectivity index (χ0v) is 14.1. The SMILES string of the molecule is COc1ccc([C@@H]2Nc3ccccc3[C@H]3OCCC[C@H]32)c(OC)c1. The standard InChI is InChI=1S/C20H23NO3/c1-22-13-9-10-15(18(12-13)23-2)19-16-7-5-11-24-20(16)14-6-3-4-8-17(14)21-19/h3-4,6,8-10,12,16,19-21H,5,7,11H2,1-2H3/t16-,19-,20+/m0/s1. The molecule has 1 saturated heterocycles. The Morgan fingerprint density at radius 2 is 1.92 bits per heavy atom. The minimum Gasteiger partial charge on any atom is -0.497 e. The number of rotatable bonds is 3. The van der Waals surface area contributed by atoms with Crippen LogP contribution < -0.4 is 14.8 Å². The first kappa shape index (κ1) is 15.3. The van der Waals surface area contributed by atoms with Gasteiger partial charge in [0.2, 0.25) is 0 Å². The van der Waals surface area contributed by atoms with E-state index in [1.807, 2.05) is 12.1 Å². The molecule has 1 N–H and O–H groups in total. The predicted octanol–water partition coefficient (Wildman–Crippen LogP) is 4.34. The molecule has 0 aliphatic carbocycles. The second-order valence-corrected chi connectivity index (χ2v) is 6.41. The van der Waals surface area contributed by atoms with Gasteiger partial charge in [0.1, 0.15) is 11.5 Å². The Morgan fingerprint density at radius 3 is 2.75 bits per heavy atom. The zero-order valence-electron chi connectivity index (χ0n) is 14.1. The maximum Gasteiger partial charge on any atom is 0.127 e. The average molecular weight is 325 g/mol. The average Bonchev–Trinajstić information content (AvgIpc) is 2.67. The van der Waals surface area contributed by atoms with Crippen molar-refractivity contribution in [3.05, 3.63) is 53.6 Å². The molecule has 0 amide bonds. The van der Waals surface area contributed by atoms with Crippen LogP contribution >= 0.6 is 0 Å². The molecule has 2 aromatic carbocycles. The lowest BCUT2D eigenvalue weighted by Crippen LogP contribution is -2.36. The molecule has 24 heavy (non-hydrogen) atoms. The minimum absolute atomic E-state index is 0.146. The van der Waals surface area contributed by atoms with E-state index in [1.54, 1.807) is 14.2 Å². The van der Waals surface area contributed by atoms with Crippen molar-refractivity contribution in [1.29, 1.82) is 0 Å². The molecule has 4 heteroatoms. The molecule has 2 aromatic rings. The lowest BCUT2D eigenvalue weighted by molar-refractivity contribution is -0.0383. The van der Waals surface area contributed by atoms with Gasteiger partial charge in [0.25, 0.3) is 0 Å². The molecular weight excluding hydrogens is 302 g/mol. The first-order chi connectivity index (χ1) is 11.8. The second kappa shape index (κ2) is 6.36. The summed E-state index contributed by atoms with van der Waals surface area (Å²) in [6.07, 6.45) is 2.39. The van der Waals surface area contributed by atoms with E-state index in [9.17, 15) is 0 Å². The van der Waals surface area contributed by atoms with Gasteiger partial charge in [-0.05, 0) is 31.0 Å². The molecule has 0 bridgehead atoms. The van der Waals surface area contributed by atoms with E-state index in [0.717, 1.165) is 42.2 Å². The van der Waals surface area contributed by atoms with Gasteiger partial charge in [-0.2, -0.15) is 0 Å². The molecule has 2 heterocycles. The monoisotopic (exact) mass is 325 g/mol. The van der Waals surface area contributed by atoms with E-state index < -0.39 is 0 Å². The lowest BCUT2D eigenvalue weighted by atomic mass is 9.77. The van der Waals surface area contributed by atoms with E-state index in [1.165, 1.54) is 5.56 Å². The molecule has 4 nitrogen and oxygen atoms in total. The van der Waals surface area contributed by atoms with Crippen LogP contribution in [0.15, 0.2) is 42.5 Å². The van der Waals surface area contributed by atoms with Crippen LogP contribution in [0.5, 0.6) is 11.5 Å². The minimum atomic E-state index is 0.146. The normalized spacial score (nSPS) is 25.2. The maximum absolute atomic E-state index is 6.17. The molecule has 2 aliphatic heterocycles. The van der Waals surface area contributed by atoms with Crippen molar-refractivity contribution in [3.63, 3.8) is 0 Å². The number of anilines is 1. The molecular formula is C20H23NO3. The van der Waals surface area contributed by atoms with E-state index in [0.29, 0.717) is 5.92 Å². The van der Waals surface area contributed by atoms with E-state index in [-0.39, 0.29) is 12.1 Å². The molecule has 0 saturated carbocycles. The number of hydrogen-bond acceptors (Lipinski definition) is 4. The fraction of sp³-hybridized carbons (Fsp3) is 0.400. The molecule has 0 unspecified atom stereocenters. The Kier molecular flexibility index (Phi) is 4.07. The topological polar surface area (TPSA) is 39.7 Å². The fourth-order valence-electron chi connectivity index (χ4n) is 4.00. The van der Waals surface area contributed by atoms with Crippen LogP contribution in [0.1, 0.15) is 36.1 Å². The third-order valence-electron chi connectivity index (χ3n) is 5.15. The summed E-state index contributed by atoms with van der Waals surface area (Å²) in [6, 6.07) is 14.7. The van der Waals surface area contributed by atoms with Crippen LogP contribution in [0.2, 0.25) is 0 Å². The second-order valence-electron chi connectivity index (χ2n) is 6.41. The number of benzene rings is 2. The fourth-order valence-corrected chi connectivity index (χ4v) is 4.00. The Morgan fingerprint density at radius 1 is 1.04 bits per heavy atom. The molecule has 0 aromatic heterocycles. The van der Waals surface area contributed by atoms with Crippen LogP contribution in [-0.4, -0.2) is 20.8 Å². The Balaban J connectivity index is 1.78. The molecule has 0 radical (unpaired) electrons. The summed E-state index contributed by atoms with van der Waals surface area (Å²) in [7, 11) is 3.39. The Bertz CT molecular complexity index is 731. The highest BCUT2D eigenvalue weighted by atomic mass is 16.5. The number of para-hydroxylation sites is 1. The molecule has 3 atom stereocenters. The van der Waals surface area contributed by atoms with E-state index >= 15 is 0 Å².